The quantitative estimate of drug-likeness (QED) is 0.713. The molecule has 0 aliphatic carbocycles. The molecule has 0 saturated carbocycles. The maximum absolute atomic E-state index is 12.9. The molecule has 1 atom stereocenters. The highest BCUT2D eigenvalue weighted by atomic mass is 32.2. The Morgan fingerprint density at radius 2 is 1.54 bits per heavy atom. The zero-order chi connectivity index (χ0) is 19.2. The smallest absolute Gasteiger partial charge is 0.241 e. The minimum atomic E-state index is -3.71. The van der Waals surface area contributed by atoms with Gasteiger partial charge in [0.15, 0.2) is 11.5 Å². The van der Waals surface area contributed by atoms with Gasteiger partial charge in [-0.1, -0.05) is 44.2 Å². The van der Waals surface area contributed by atoms with Crippen LogP contribution in [0.25, 0.3) is 0 Å². The molecule has 0 spiro atoms. The molecule has 0 fully saturated rings. The van der Waals surface area contributed by atoms with Crippen molar-refractivity contribution in [3.8, 4) is 11.5 Å². The van der Waals surface area contributed by atoms with E-state index in [9.17, 15) is 8.42 Å². The van der Waals surface area contributed by atoms with Crippen molar-refractivity contribution in [2.75, 3.05) is 13.2 Å². The third kappa shape index (κ3) is 4.99. The molecule has 26 heavy (non-hydrogen) atoms. The largest absolute Gasteiger partial charge is 0.490 e. The van der Waals surface area contributed by atoms with Crippen LogP contribution in [-0.2, 0) is 10.0 Å². The second-order valence-electron chi connectivity index (χ2n) is 6.23. The van der Waals surface area contributed by atoms with Crippen LogP contribution in [0.5, 0.6) is 11.5 Å². The number of ether oxygens (including phenoxy) is 2. The van der Waals surface area contributed by atoms with Gasteiger partial charge in [0.2, 0.25) is 10.0 Å². The first-order valence-electron chi connectivity index (χ1n) is 8.86. The van der Waals surface area contributed by atoms with Gasteiger partial charge < -0.3 is 9.47 Å². The summed E-state index contributed by atoms with van der Waals surface area (Å²) in [5.74, 6) is 1.07. The SMILES string of the molecule is CCOc1ccc(S(=O)(=O)NC(c2ccccc2)C(C)C)cc1OCC. The number of rotatable bonds is 9. The molecule has 2 rings (SSSR count). The van der Waals surface area contributed by atoms with Gasteiger partial charge in [-0.15, -0.1) is 0 Å². The summed E-state index contributed by atoms with van der Waals surface area (Å²) in [6, 6.07) is 14.0. The number of hydrogen-bond donors (Lipinski definition) is 1. The number of sulfonamides is 1. The summed E-state index contributed by atoms with van der Waals surface area (Å²) in [7, 11) is -3.71. The summed E-state index contributed by atoms with van der Waals surface area (Å²) in [5.41, 5.74) is 0.932. The predicted molar refractivity (Wildman–Crippen MR) is 103 cm³/mol. The molecule has 1 N–H and O–H groups in total. The van der Waals surface area contributed by atoms with E-state index in [1.54, 1.807) is 6.07 Å². The Labute approximate surface area is 156 Å². The highest BCUT2D eigenvalue weighted by Crippen LogP contribution is 2.31. The van der Waals surface area contributed by atoms with Crippen molar-refractivity contribution >= 4 is 10.0 Å². The van der Waals surface area contributed by atoms with Crippen molar-refractivity contribution in [2.45, 2.75) is 38.6 Å². The second-order valence-corrected chi connectivity index (χ2v) is 7.94. The van der Waals surface area contributed by atoms with Crippen molar-refractivity contribution in [1.82, 2.24) is 4.72 Å². The summed E-state index contributed by atoms with van der Waals surface area (Å²) in [6.07, 6.45) is 0. The first-order chi connectivity index (χ1) is 12.4. The molecule has 0 radical (unpaired) electrons. The van der Waals surface area contributed by atoms with E-state index >= 15 is 0 Å². The minimum absolute atomic E-state index is 0.0984. The lowest BCUT2D eigenvalue weighted by Crippen LogP contribution is -2.31. The van der Waals surface area contributed by atoms with Crippen LogP contribution in [0.4, 0.5) is 0 Å². The Morgan fingerprint density at radius 3 is 2.12 bits per heavy atom. The third-order valence-electron chi connectivity index (χ3n) is 3.93. The Kier molecular flexibility index (Phi) is 7.06. The monoisotopic (exact) mass is 377 g/mol. The van der Waals surface area contributed by atoms with Gasteiger partial charge in [-0.05, 0) is 37.5 Å². The van der Waals surface area contributed by atoms with E-state index in [2.05, 4.69) is 4.72 Å². The maximum atomic E-state index is 12.9. The molecule has 142 valence electrons. The summed E-state index contributed by atoms with van der Waals surface area (Å²) in [6.45, 7) is 8.60. The summed E-state index contributed by atoms with van der Waals surface area (Å²) in [5, 5.41) is 0. The van der Waals surface area contributed by atoms with Crippen molar-refractivity contribution in [3.63, 3.8) is 0 Å². The number of benzene rings is 2. The van der Waals surface area contributed by atoms with Crippen LogP contribution in [0.2, 0.25) is 0 Å². The molecule has 1 unspecified atom stereocenters. The average molecular weight is 378 g/mol. The van der Waals surface area contributed by atoms with Crippen LogP contribution >= 0.6 is 0 Å². The Morgan fingerprint density at radius 1 is 0.923 bits per heavy atom. The van der Waals surface area contributed by atoms with Crippen molar-refractivity contribution in [3.05, 3.63) is 54.1 Å². The Bertz CT molecular complexity index is 804. The Hall–Kier alpha value is -2.05. The molecule has 2 aromatic rings. The molecule has 0 amide bonds. The van der Waals surface area contributed by atoms with Crippen LogP contribution in [0.3, 0.4) is 0 Å². The molecule has 6 heteroatoms. The highest BCUT2D eigenvalue weighted by molar-refractivity contribution is 7.89. The van der Waals surface area contributed by atoms with Crippen molar-refractivity contribution in [2.24, 2.45) is 5.92 Å². The van der Waals surface area contributed by atoms with Crippen LogP contribution in [0, 0.1) is 5.92 Å². The van der Waals surface area contributed by atoms with Gasteiger partial charge in [0.25, 0.3) is 0 Å². The van der Waals surface area contributed by atoms with Crippen LogP contribution in [-0.4, -0.2) is 21.6 Å². The second kappa shape index (κ2) is 9.05. The summed E-state index contributed by atoms with van der Waals surface area (Å²) < 4.78 is 39.7. The molecule has 5 nitrogen and oxygen atoms in total. The molecule has 0 aromatic heterocycles. The van der Waals surface area contributed by atoms with E-state index < -0.39 is 10.0 Å². The van der Waals surface area contributed by atoms with Gasteiger partial charge >= 0.3 is 0 Å². The maximum Gasteiger partial charge on any atom is 0.241 e. The molecular formula is C20H27NO4S. The normalized spacial score (nSPS) is 12.8. The van der Waals surface area contributed by atoms with Gasteiger partial charge in [0.05, 0.1) is 18.1 Å². The van der Waals surface area contributed by atoms with E-state index in [-0.39, 0.29) is 16.9 Å². The predicted octanol–water partition coefficient (Wildman–Crippen LogP) is 4.16. The fourth-order valence-corrected chi connectivity index (χ4v) is 4.07. The van der Waals surface area contributed by atoms with E-state index in [0.717, 1.165) is 5.56 Å². The first kappa shape index (κ1) is 20.3. The minimum Gasteiger partial charge on any atom is -0.490 e. The van der Waals surface area contributed by atoms with Crippen molar-refractivity contribution < 1.29 is 17.9 Å². The van der Waals surface area contributed by atoms with E-state index in [0.29, 0.717) is 24.7 Å². The van der Waals surface area contributed by atoms with Gasteiger partial charge in [-0.25, -0.2) is 13.1 Å². The number of hydrogen-bond acceptors (Lipinski definition) is 4. The molecule has 0 heterocycles. The lowest BCUT2D eigenvalue weighted by atomic mass is 9.97. The van der Waals surface area contributed by atoms with Gasteiger partial charge in [-0.2, -0.15) is 0 Å². The van der Waals surface area contributed by atoms with E-state index in [4.69, 9.17) is 9.47 Å². The zero-order valence-corrected chi connectivity index (χ0v) is 16.5. The van der Waals surface area contributed by atoms with Crippen LogP contribution < -0.4 is 14.2 Å². The topological polar surface area (TPSA) is 64.6 Å². The molecule has 0 aliphatic heterocycles. The fourth-order valence-electron chi connectivity index (χ4n) is 2.68. The van der Waals surface area contributed by atoms with Gasteiger partial charge in [0, 0.05) is 12.1 Å². The lowest BCUT2D eigenvalue weighted by Gasteiger charge is -2.23. The standard InChI is InChI=1S/C20H27NO4S/c1-5-24-18-13-12-17(14-19(18)25-6-2)26(22,23)21-20(15(3)4)16-10-8-7-9-11-16/h7-15,20-21H,5-6H2,1-4H3. The summed E-state index contributed by atoms with van der Waals surface area (Å²) in [4.78, 5) is 0.158. The van der Waals surface area contributed by atoms with Gasteiger partial charge in [0.1, 0.15) is 0 Å². The summed E-state index contributed by atoms with van der Waals surface area (Å²) >= 11 is 0. The van der Waals surface area contributed by atoms with Crippen LogP contribution in [0.15, 0.2) is 53.4 Å². The zero-order valence-electron chi connectivity index (χ0n) is 15.7. The van der Waals surface area contributed by atoms with Crippen LogP contribution in [0.1, 0.15) is 39.3 Å². The molecule has 0 saturated heterocycles. The third-order valence-corrected chi connectivity index (χ3v) is 5.37. The fraction of sp³-hybridized carbons (Fsp3) is 0.400. The molecular weight excluding hydrogens is 350 g/mol. The first-order valence-corrected chi connectivity index (χ1v) is 10.3. The Balaban J connectivity index is 2.35. The lowest BCUT2D eigenvalue weighted by molar-refractivity contribution is 0.287. The molecule has 2 aromatic carbocycles. The van der Waals surface area contributed by atoms with E-state index in [1.165, 1.54) is 12.1 Å². The average Bonchev–Trinajstić information content (AvgIpc) is 2.62. The molecule has 0 aliphatic rings. The van der Waals surface area contributed by atoms with Gasteiger partial charge in [-0.3, -0.25) is 0 Å². The molecule has 0 bridgehead atoms. The highest BCUT2D eigenvalue weighted by Gasteiger charge is 2.25. The van der Waals surface area contributed by atoms with E-state index in [1.807, 2.05) is 58.0 Å². The van der Waals surface area contributed by atoms with Crippen molar-refractivity contribution in [1.29, 1.82) is 0 Å². The number of nitrogens with one attached hydrogen (secondary N) is 1.